The van der Waals surface area contributed by atoms with Crippen molar-refractivity contribution in [3.63, 3.8) is 0 Å². The predicted molar refractivity (Wildman–Crippen MR) is 269 cm³/mol. The van der Waals surface area contributed by atoms with Crippen molar-refractivity contribution in [3.8, 4) is 61.8 Å². The monoisotopic (exact) mass is 837 g/mol. The summed E-state index contributed by atoms with van der Waals surface area (Å²) < 4.78 is 7.53. The van der Waals surface area contributed by atoms with Crippen molar-refractivity contribution in [1.82, 2.24) is 14.5 Å². The number of nitrogens with zero attached hydrogens (tertiary/aromatic N) is 3. The molecule has 0 N–H and O–H groups in total. The zero-order valence-electron chi connectivity index (χ0n) is 33.9. The Kier molecular flexibility index (Phi) is 8.26. The summed E-state index contributed by atoms with van der Waals surface area (Å²) in [4.78, 5) is 10.6. The molecule has 0 saturated heterocycles. The highest BCUT2D eigenvalue weighted by molar-refractivity contribution is 7.26. The zero-order chi connectivity index (χ0) is 41.4. The lowest BCUT2D eigenvalue weighted by atomic mass is 9.93. The van der Waals surface area contributed by atoms with Crippen molar-refractivity contribution in [2.24, 2.45) is 0 Å². The summed E-state index contributed by atoms with van der Waals surface area (Å²) in [5.41, 5.74) is 13.1. The Morgan fingerprint density at radius 1 is 0.317 bits per heavy atom. The molecule has 13 aromatic rings. The summed E-state index contributed by atoms with van der Waals surface area (Å²) in [7, 11) is 0. The van der Waals surface area contributed by atoms with Crippen LogP contribution in [-0.4, -0.2) is 14.5 Å². The van der Waals surface area contributed by atoms with Crippen LogP contribution >= 0.6 is 22.7 Å². The number of aromatic nitrogens is 3. The SMILES string of the molecule is c1ccc(-c2nc(-c3ccc(-n4c5ccccc5c5ccccc54)cc3)cc(-c3cc(-c4cccc5c4sc4ccccc45)cc(-c4cccc5c4sc4ccccc45)c3)n2)cc1. The standard InChI is InChI=1S/C58H35N3S2/c1-2-14-37(15-3-1)58-59-50(36-28-30-41(31-29-36)61-52-24-8-4-16-44(52)45-17-5-9-25-53(45)61)35-51(60-58)40-33-38(42-20-12-22-48-46-18-6-10-26-54(46)62-56(42)48)32-39(34-40)43-21-13-23-49-47-19-7-11-27-55(47)63-57(43)49/h1-35H. The van der Waals surface area contributed by atoms with Crippen LogP contribution < -0.4 is 0 Å². The Morgan fingerprint density at radius 3 is 1.35 bits per heavy atom. The van der Waals surface area contributed by atoms with Gasteiger partial charge >= 0.3 is 0 Å². The van der Waals surface area contributed by atoms with E-state index in [0.717, 1.165) is 44.9 Å². The van der Waals surface area contributed by atoms with Crippen LogP contribution in [0, 0.1) is 0 Å². The number of thiophene rings is 2. The van der Waals surface area contributed by atoms with E-state index in [0.29, 0.717) is 5.82 Å². The molecule has 0 aliphatic carbocycles. The Labute approximate surface area is 371 Å². The molecule has 63 heavy (non-hydrogen) atoms. The fraction of sp³-hybridized carbons (Fsp3) is 0. The predicted octanol–water partition coefficient (Wildman–Crippen LogP) is 16.6. The van der Waals surface area contributed by atoms with Gasteiger partial charge in [-0.25, -0.2) is 9.97 Å². The van der Waals surface area contributed by atoms with Gasteiger partial charge in [-0.05, 0) is 82.9 Å². The third-order valence-electron chi connectivity index (χ3n) is 12.4. The third-order valence-corrected chi connectivity index (χ3v) is 14.9. The van der Waals surface area contributed by atoms with Gasteiger partial charge in [0.25, 0.3) is 0 Å². The molecule has 13 rings (SSSR count). The molecule has 0 aliphatic heterocycles. The van der Waals surface area contributed by atoms with Gasteiger partial charge < -0.3 is 4.57 Å². The van der Waals surface area contributed by atoms with E-state index in [9.17, 15) is 0 Å². The van der Waals surface area contributed by atoms with Crippen molar-refractivity contribution >= 4 is 84.8 Å². The minimum Gasteiger partial charge on any atom is -0.309 e. The lowest BCUT2D eigenvalue weighted by Crippen LogP contribution is -1.97. The van der Waals surface area contributed by atoms with Crippen molar-refractivity contribution in [2.75, 3.05) is 0 Å². The normalized spacial score (nSPS) is 11.8. The summed E-state index contributed by atoms with van der Waals surface area (Å²) in [6.07, 6.45) is 0. The van der Waals surface area contributed by atoms with Crippen LogP contribution in [0.3, 0.4) is 0 Å². The van der Waals surface area contributed by atoms with Crippen LogP contribution in [0.5, 0.6) is 0 Å². The van der Waals surface area contributed by atoms with Crippen LogP contribution in [0.15, 0.2) is 212 Å². The first-order valence-corrected chi connectivity index (χ1v) is 22.9. The van der Waals surface area contributed by atoms with E-state index in [4.69, 9.17) is 9.97 Å². The molecule has 5 heteroatoms. The van der Waals surface area contributed by atoms with Crippen LogP contribution in [0.2, 0.25) is 0 Å². The molecular formula is C58H35N3S2. The molecule has 0 radical (unpaired) electrons. The summed E-state index contributed by atoms with van der Waals surface area (Å²) in [5, 5.41) is 7.65. The lowest BCUT2D eigenvalue weighted by molar-refractivity contribution is 1.17. The average molecular weight is 838 g/mol. The number of para-hydroxylation sites is 2. The minimum atomic E-state index is 0.694. The Balaban J connectivity index is 1.02. The topological polar surface area (TPSA) is 30.7 Å². The second-order valence-electron chi connectivity index (χ2n) is 16.1. The highest BCUT2D eigenvalue weighted by atomic mass is 32.1. The van der Waals surface area contributed by atoms with E-state index in [1.165, 1.54) is 73.3 Å². The van der Waals surface area contributed by atoms with E-state index in [-0.39, 0.29) is 0 Å². The summed E-state index contributed by atoms with van der Waals surface area (Å²) in [6.45, 7) is 0. The van der Waals surface area contributed by atoms with Gasteiger partial charge in [0.1, 0.15) is 0 Å². The number of fused-ring (bicyclic) bond motifs is 9. The molecule has 0 spiro atoms. The lowest BCUT2D eigenvalue weighted by Gasteiger charge is -2.14. The molecule has 4 aromatic heterocycles. The van der Waals surface area contributed by atoms with Crippen molar-refractivity contribution in [2.45, 2.75) is 0 Å². The van der Waals surface area contributed by atoms with E-state index >= 15 is 0 Å². The molecule has 4 heterocycles. The maximum absolute atomic E-state index is 5.38. The Morgan fingerprint density at radius 2 is 0.778 bits per heavy atom. The van der Waals surface area contributed by atoms with Gasteiger partial charge in [-0.2, -0.15) is 0 Å². The van der Waals surface area contributed by atoms with Crippen LogP contribution in [0.1, 0.15) is 0 Å². The maximum Gasteiger partial charge on any atom is 0.160 e. The molecule has 0 bridgehead atoms. The van der Waals surface area contributed by atoms with Crippen LogP contribution in [-0.2, 0) is 0 Å². The third kappa shape index (κ3) is 5.93. The molecule has 0 unspecified atom stereocenters. The second-order valence-corrected chi connectivity index (χ2v) is 18.2. The molecule has 0 fully saturated rings. The summed E-state index contributed by atoms with van der Waals surface area (Å²) >= 11 is 3.73. The van der Waals surface area contributed by atoms with Gasteiger partial charge in [0, 0.05) is 73.5 Å². The first-order valence-electron chi connectivity index (χ1n) is 21.2. The number of hydrogen-bond acceptors (Lipinski definition) is 4. The van der Waals surface area contributed by atoms with Gasteiger partial charge in [0.05, 0.1) is 22.4 Å². The van der Waals surface area contributed by atoms with Gasteiger partial charge in [-0.15, -0.1) is 22.7 Å². The van der Waals surface area contributed by atoms with Crippen LogP contribution in [0.4, 0.5) is 0 Å². The van der Waals surface area contributed by atoms with Gasteiger partial charge in [0.15, 0.2) is 5.82 Å². The van der Waals surface area contributed by atoms with E-state index in [1.807, 2.05) is 28.7 Å². The molecule has 3 nitrogen and oxygen atoms in total. The number of rotatable bonds is 6. The fourth-order valence-electron chi connectivity index (χ4n) is 9.48. The quantitative estimate of drug-likeness (QED) is 0.167. The smallest absolute Gasteiger partial charge is 0.160 e. The van der Waals surface area contributed by atoms with Gasteiger partial charge in [-0.3, -0.25) is 0 Å². The number of hydrogen-bond donors (Lipinski definition) is 0. The van der Waals surface area contributed by atoms with E-state index in [2.05, 4.69) is 211 Å². The summed E-state index contributed by atoms with van der Waals surface area (Å²) in [5.74, 6) is 0.694. The molecule has 294 valence electrons. The second kappa shape index (κ2) is 14.5. The molecule has 0 saturated carbocycles. The van der Waals surface area contributed by atoms with Crippen LogP contribution in [0.25, 0.3) is 124 Å². The minimum absolute atomic E-state index is 0.694. The molecule has 9 aromatic carbocycles. The number of benzene rings is 9. The largest absolute Gasteiger partial charge is 0.309 e. The van der Waals surface area contributed by atoms with E-state index < -0.39 is 0 Å². The molecule has 0 atom stereocenters. The van der Waals surface area contributed by atoms with Crippen molar-refractivity contribution in [3.05, 3.63) is 212 Å². The average Bonchev–Trinajstić information content (AvgIpc) is 4.04. The maximum atomic E-state index is 5.38. The highest BCUT2D eigenvalue weighted by Crippen LogP contribution is 2.45. The molecular weight excluding hydrogens is 803 g/mol. The fourth-order valence-corrected chi connectivity index (χ4v) is 12.0. The van der Waals surface area contributed by atoms with Crippen molar-refractivity contribution < 1.29 is 0 Å². The zero-order valence-corrected chi connectivity index (χ0v) is 35.5. The first-order chi connectivity index (χ1) is 31.2. The van der Waals surface area contributed by atoms with Crippen molar-refractivity contribution in [1.29, 1.82) is 0 Å². The van der Waals surface area contributed by atoms with Gasteiger partial charge in [-0.1, -0.05) is 152 Å². The highest BCUT2D eigenvalue weighted by Gasteiger charge is 2.19. The Bertz CT molecular complexity index is 3730. The summed E-state index contributed by atoms with van der Waals surface area (Å²) in [6, 6.07) is 76.7. The molecule has 0 amide bonds. The Hall–Kier alpha value is -7.70. The van der Waals surface area contributed by atoms with Gasteiger partial charge in [0.2, 0.25) is 0 Å². The van der Waals surface area contributed by atoms with E-state index in [1.54, 1.807) is 0 Å². The first kappa shape index (κ1) is 36.0. The molecule has 0 aliphatic rings.